The number of pyridine rings is 1. The lowest BCUT2D eigenvalue weighted by atomic mass is 10.0. The van der Waals surface area contributed by atoms with Gasteiger partial charge in [-0.1, -0.05) is 6.07 Å². The summed E-state index contributed by atoms with van der Waals surface area (Å²) < 4.78 is 18.9. The molecule has 0 aliphatic rings. The summed E-state index contributed by atoms with van der Waals surface area (Å²) in [6.45, 7) is 0. The zero-order chi connectivity index (χ0) is 14.0. The van der Waals surface area contributed by atoms with Crippen LogP contribution in [-0.2, 0) is 16.0 Å². The number of carbonyl (C=O) groups is 1. The molecule has 1 aromatic heterocycles. The third kappa shape index (κ3) is 2.84. The fourth-order valence-electron chi connectivity index (χ4n) is 1.83. The number of ether oxygens (including phenoxy) is 1. The molecule has 0 aliphatic heterocycles. The fraction of sp³-hybridized carbons (Fsp3) is 0.231. The molecule has 0 spiro atoms. The van der Waals surface area contributed by atoms with Gasteiger partial charge >= 0.3 is 5.97 Å². The Hall–Kier alpha value is -1.69. The highest BCUT2D eigenvalue weighted by Crippen LogP contribution is 2.28. The molecule has 2 N–H and O–H groups in total. The van der Waals surface area contributed by atoms with Gasteiger partial charge in [-0.25, -0.2) is 9.37 Å². The number of nitrogen functional groups attached to an aromatic ring is 1. The standard InChI is InChI=1S/C13H12BrFN2O2/c1-19-11(18)5-3-7-2-4-9(14)12-8(7)6-10(15)13(16)17-12/h2,4,6H,3,5H2,1H3,(H2,16,17). The molecule has 0 amide bonds. The highest BCUT2D eigenvalue weighted by atomic mass is 79.9. The number of nitrogens with zero attached hydrogens (tertiary/aromatic N) is 1. The molecule has 0 bridgehead atoms. The molecule has 100 valence electrons. The average molecular weight is 327 g/mol. The Morgan fingerprint density at radius 2 is 2.26 bits per heavy atom. The van der Waals surface area contributed by atoms with E-state index in [1.54, 1.807) is 6.07 Å². The Kier molecular flexibility index (Phi) is 3.99. The molecule has 0 atom stereocenters. The van der Waals surface area contributed by atoms with Crippen LogP contribution in [0.2, 0.25) is 0 Å². The first-order valence-corrected chi connectivity index (χ1v) is 6.42. The minimum atomic E-state index is -0.565. The topological polar surface area (TPSA) is 65.2 Å². The zero-order valence-corrected chi connectivity index (χ0v) is 11.8. The molecule has 1 heterocycles. The largest absolute Gasteiger partial charge is 0.469 e. The number of anilines is 1. The number of halogens is 2. The van der Waals surface area contributed by atoms with Crippen LogP contribution < -0.4 is 5.73 Å². The van der Waals surface area contributed by atoms with Gasteiger partial charge in [0.05, 0.1) is 12.6 Å². The van der Waals surface area contributed by atoms with Crippen LogP contribution >= 0.6 is 15.9 Å². The van der Waals surface area contributed by atoms with Crippen LogP contribution in [0.5, 0.6) is 0 Å². The van der Waals surface area contributed by atoms with E-state index in [-0.39, 0.29) is 18.2 Å². The van der Waals surface area contributed by atoms with E-state index in [1.807, 2.05) is 6.07 Å². The van der Waals surface area contributed by atoms with Crippen molar-refractivity contribution < 1.29 is 13.9 Å². The van der Waals surface area contributed by atoms with Gasteiger partial charge in [-0.3, -0.25) is 4.79 Å². The minimum Gasteiger partial charge on any atom is -0.469 e. The Bertz CT molecular complexity index is 646. The smallest absolute Gasteiger partial charge is 0.305 e. The Labute approximate surface area is 117 Å². The number of rotatable bonds is 3. The molecule has 0 aliphatic carbocycles. The molecule has 0 unspecified atom stereocenters. The first-order chi connectivity index (χ1) is 9.02. The van der Waals surface area contributed by atoms with Gasteiger partial charge in [0.25, 0.3) is 0 Å². The highest BCUT2D eigenvalue weighted by Gasteiger charge is 2.11. The van der Waals surface area contributed by atoms with Crippen LogP contribution in [0.15, 0.2) is 22.7 Å². The maximum atomic E-state index is 13.5. The van der Waals surface area contributed by atoms with Gasteiger partial charge in [-0.15, -0.1) is 0 Å². The van der Waals surface area contributed by atoms with Crippen molar-refractivity contribution in [2.24, 2.45) is 0 Å². The molecule has 6 heteroatoms. The maximum absolute atomic E-state index is 13.5. The van der Waals surface area contributed by atoms with E-state index in [2.05, 4.69) is 25.7 Å². The normalized spacial score (nSPS) is 10.7. The third-order valence-electron chi connectivity index (χ3n) is 2.83. The van der Waals surface area contributed by atoms with Crippen molar-refractivity contribution in [1.82, 2.24) is 4.98 Å². The summed E-state index contributed by atoms with van der Waals surface area (Å²) in [7, 11) is 1.34. The number of hydrogen-bond donors (Lipinski definition) is 1. The van der Waals surface area contributed by atoms with Crippen molar-refractivity contribution in [3.8, 4) is 0 Å². The van der Waals surface area contributed by atoms with Gasteiger partial charge in [-0.05, 0) is 40.0 Å². The van der Waals surface area contributed by atoms with E-state index in [0.717, 1.165) is 10.0 Å². The molecule has 2 rings (SSSR count). The van der Waals surface area contributed by atoms with Gasteiger partial charge in [-0.2, -0.15) is 0 Å². The lowest BCUT2D eigenvalue weighted by Crippen LogP contribution is -2.03. The lowest BCUT2D eigenvalue weighted by Gasteiger charge is -2.08. The van der Waals surface area contributed by atoms with Gasteiger partial charge in [0.1, 0.15) is 0 Å². The Balaban J connectivity index is 2.47. The molecular weight excluding hydrogens is 315 g/mol. The van der Waals surface area contributed by atoms with Crippen molar-refractivity contribution in [3.63, 3.8) is 0 Å². The summed E-state index contributed by atoms with van der Waals surface area (Å²) in [4.78, 5) is 15.2. The molecule has 4 nitrogen and oxygen atoms in total. The summed E-state index contributed by atoms with van der Waals surface area (Å²) >= 11 is 3.35. The number of hydrogen-bond acceptors (Lipinski definition) is 4. The molecule has 0 saturated carbocycles. The van der Waals surface area contributed by atoms with Crippen LogP contribution in [0.3, 0.4) is 0 Å². The van der Waals surface area contributed by atoms with Crippen LogP contribution in [0.1, 0.15) is 12.0 Å². The predicted molar refractivity (Wildman–Crippen MR) is 74.2 cm³/mol. The molecule has 19 heavy (non-hydrogen) atoms. The minimum absolute atomic E-state index is 0.140. The fourth-order valence-corrected chi connectivity index (χ4v) is 2.26. The Morgan fingerprint density at radius 3 is 2.95 bits per heavy atom. The molecular formula is C13H12BrFN2O2. The van der Waals surface area contributed by atoms with E-state index < -0.39 is 5.82 Å². The highest BCUT2D eigenvalue weighted by molar-refractivity contribution is 9.10. The van der Waals surface area contributed by atoms with Gasteiger partial charge in [0.2, 0.25) is 0 Å². The summed E-state index contributed by atoms with van der Waals surface area (Å²) in [6.07, 6.45) is 0.695. The van der Waals surface area contributed by atoms with Crippen molar-refractivity contribution in [3.05, 3.63) is 34.1 Å². The van der Waals surface area contributed by atoms with E-state index in [0.29, 0.717) is 17.3 Å². The van der Waals surface area contributed by atoms with E-state index in [4.69, 9.17) is 5.73 Å². The van der Waals surface area contributed by atoms with Crippen molar-refractivity contribution in [2.75, 3.05) is 12.8 Å². The number of aromatic nitrogens is 1. The van der Waals surface area contributed by atoms with Crippen molar-refractivity contribution in [1.29, 1.82) is 0 Å². The summed E-state index contributed by atoms with van der Waals surface area (Å²) in [5, 5.41) is 0.643. The number of carbonyl (C=O) groups excluding carboxylic acids is 1. The number of fused-ring (bicyclic) bond motifs is 1. The van der Waals surface area contributed by atoms with E-state index in [1.165, 1.54) is 13.2 Å². The molecule has 1 aromatic carbocycles. The van der Waals surface area contributed by atoms with Crippen LogP contribution in [0.25, 0.3) is 10.9 Å². The molecule has 0 radical (unpaired) electrons. The second-order valence-electron chi connectivity index (χ2n) is 4.03. The summed E-state index contributed by atoms with van der Waals surface area (Å²) in [6, 6.07) is 4.97. The number of aryl methyl sites for hydroxylation is 1. The summed E-state index contributed by atoms with van der Waals surface area (Å²) in [5.74, 6) is -1.01. The number of methoxy groups -OCH3 is 1. The monoisotopic (exact) mass is 326 g/mol. The number of nitrogens with two attached hydrogens (primary N) is 1. The van der Waals surface area contributed by atoms with Crippen molar-refractivity contribution >= 4 is 38.6 Å². The Morgan fingerprint density at radius 1 is 1.53 bits per heavy atom. The molecule has 0 fully saturated rings. The third-order valence-corrected chi connectivity index (χ3v) is 3.47. The van der Waals surface area contributed by atoms with Crippen LogP contribution in [0.4, 0.5) is 10.2 Å². The first kappa shape index (κ1) is 13.7. The van der Waals surface area contributed by atoms with Crippen molar-refractivity contribution in [2.45, 2.75) is 12.8 Å². The van der Waals surface area contributed by atoms with E-state index in [9.17, 15) is 9.18 Å². The number of esters is 1. The quantitative estimate of drug-likeness (QED) is 0.881. The molecule has 2 aromatic rings. The number of benzene rings is 1. The van der Waals surface area contributed by atoms with Gasteiger partial charge < -0.3 is 10.5 Å². The van der Waals surface area contributed by atoms with E-state index >= 15 is 0 Å². The van der Waals surface area contributed by atoms with Gasteiger partial charge in [0, 0.05) is 16.3 Å². The van der Waals surface area contributed by atoms with Crippen LogP contribution in [-0.4, -0.2) is 18.1 Å². The second kappa shape index (κ2) is 5.52. The zero-order valence-electron chi connectivity index (χ0n) is 10.2. The lowest BCUT2D eigenvalue weighted by molar-refractivity contribution is -0.140. The summed E-state index contributed by atoms with van der Waals surface area (Å²) in [5.41, 5.74) is 6.88. The maximum Gasteiger partial charge on any atom is 0.305 e. The predicted octanol–water partition coefficient (Wildman–Crippen LogP) is 2.82. The second-order valence-corrected chi connectivity index (χ2v) is 4.89. The first-order valence-electron chi connectivity index (χ1n) is 5.63. The average Bonchev–Trinajstić information content (AvgIpc) is 2.40. The SMILES string of the molecule is COC(=O)CCc1ccc(Br)c2nc(N)c(F)cc12. The molecule has 0 saturated heterocycles. The van der Waals surface area contributed by atoms with Crippen LogP contribution in [0, 0.1) is 5.82 Å². The van der Waals surface area contributed by atoms with Gasteiger partial charge in [0.15, 0.2) is 11.6 Å².